The van der Waals surface area contributed by atoms with E-state index in [1.165, 1.54) is 110 Å². The average Bonchev–Trinajstić information content (AvgIpc) is 3.95. The number of rotatable bonds is 0. The minimum Gasteiger partial charge on any atom is -1.00 e. The Morgan fingerprint density at radius 2 is 0.457 bits per heavy atom. The van der Waals surface area contributed by atoms with E-state index in [2.05, 4.69) is 262 Å². The van der Waals surface area contributed by atoms with Crippen LogP contribution in [0.1, 0.15) is 150 Å². The molecule has 0 spiro atoms. The molecule has 0 fully saturated rings. The molecule has 0 radical (unpaired) electrons. The third kappa shape index (κ3) is 18.8. The second-order valence-corrected chi connectivity index (χ2v) is 42.9. The van der Waals surface area contributed by atoms with Crippen LogP contribution < -0.4 is 24.8 Å². The van der Waals surface area contributed by atoms with Crippen molar-refractivity contribution in [2.75, 3.05) is 0 Å². The monoisotopic (exact) mass is 1160 g/mol. The summed E-state index contributed by atoms with van der Waals surface area (Å²) in [7, 11) is 0. The van der Waals surface area contributed by atoms with Crippen LogP contribution in [0.4, 0.5) is 0 Å². The molecule has 0 bridgehead atoms. The van der Waals surface area contributed by atoms with Gasteiger partial charge in [-0.05, 0) is 21.7 Å². The minimum atomic E-state index is 0. The molecule has 70 heavy (non-hydrogen) atoms. The molecule has 0 unspecified atom stereocenters. The first-order valence-corrected chi connectivity index (χ1v) is 37.1. The molecule has 0 nitrogen and oxygen atoms in total. The van der Waals surface area contributed by atoms with Crippen LogP contribution in [0.5, 0.6) is 0 Å². The van der Waals surface area contributed by atoms with Crippen LogP contribution in [0.15, 0.2) is 97.1 Å². The van der Waals surface area contributed by atoms with Crippen LogP contribution in [0.2, 0.25) is 26.2 Å². The maximum absolute atomic E-state index is 2.31. The number of hydrogen-bond donors (Lipinski definition) is 0. The Balaban J connectivity index is 0.000000439. The quantitative estimate of drug-likeness (QED) is 0.105. The molecule has 0 atom stereocenters. The van der Waals surface area contributed by atoms with Gasteiger partial charge in [-0.3, -0.25) is 0 Å². The summed E-state index contributed by atoms with van der Waals surface area (Å²) in [5, 5.41) is 11.4. The van der Waals surface area contributed by atoms with E-state index in [1.54, 1.807) is 46.7 Å². The molecule has 8 aromatic carbocycles. The van der Waals surface area contributed by atoms with Crippen molar-refractivity contribution < 1.29 is 71.5 Å². The average molecular weight is 1170 g/mol. The van der Waals surface area contributed by atoms with Gasteiger partial charge in [0, 0.05) is 0 Å². The molecule has 0 aliphatic heterocycles. The van der Waals surface area contributed by atoms with Crippen LogP contribution in [0.3, 0.4) is 0 Å². The molecule has 0 saturated heterocycles. The molecule has 376 valence electrons. The zero-order valence-electron chi connectivity index (χ0n) is 48.0. The summed E-state index contributed by atoms with van der Waals surface area (Å²) in [6, 6.07) is 36.5. The van der Waals surface area contributed by atoms with Gasteiger partial charge in [0.15, 0.2) is 0 Å². The van der Waals surface area contributed by atoms with Crippen molar-refractivity contribution >= 4 is 54.0 Å². The van der Waals surface area contributed by atoms with Gasteiger partial charge < -0.3 is 24.8 Å². The van der Waals surface area contributed by atoms with Gasteiger partial charge in [-0.1, -0.05) is 185 Å². The van der Waals surface area contributed by atoms with Crippen molar-refractivity contribution in [3.63, 3.8) is 0 Å². The van der Waals surface area contributed by atoms with Gasteiger partial charge in [0.2, 0.25) is 0 Å². The van der Waals surface area contributed by atoms with E-state index in [0.717, 1.165) is 0 Å². The Labute approximate surface area is 471 Å². The third-order valence-electron chi connectivity index (χ3n) is 12.2. The zero-order chi connectivity index (χ0) is 52.0. The molecule has 8 rings (SSSR count). The number of hydrogen-bond acceptors (Lipinski definition) is 0. The van der Waals surface area contributed by atoms with Crippen LogP contribution in [-0.2, 0) is 68.3 Å². The molecular weight excluding hydrogens is 1080 g/mol. The fourth-order valence-corrected chi connectivity index (χ4v) is 8.97. The van der Waals surface area contributed by atoms with Gasteiger partial charge >= 0.3 is 83.7 Å². The maximum Gasteiger partial charge on any atom is -0.0220 e. The molecule has 0 aromatic heterocycles. The number of fused-ring (bicyclic) bond motifs is 4. The molecular formula is C64H88Cl2Si2Zr2-2. The summed E-state index contributed by atoms with van der Waals surface area (Å²) in [6.45, 7) is 54.0. The number of aryl methyl sites for hydroxylation is 8. The summed E-state index contributed by atoms with van der Waals surface area (Å²) in [6.07, 6.45) is 0. The first-order chi connectivity index (χ1) is 31.0. The second-order valence-electron chi connectivity index (χ2n) is 24.2. The third-order valence-corrected chi connectivity index (χ3v) is 12.2. The van der Waals surface area contributed by atoms with Crippen molar-refractivity contribution in [1.29, 1.82) is 0 Å². The Kier molecular flexibility index (Phi) is 25.6. The van der Waals surface area contributed by atoms with Gasteiger partial charge in [-0.2, -0.15) is 24.3 Å². The Hall–Kier alpha value is -1.90. The first-order valence-electron chi connectivity index (χ1n) is 24.8. The predicted octanol–water partition coefficient (Wildman–Crippen LogP) is 13.5. The topological polar surface area (TPSA) is 0 Å². The summed E-state index contributed by atoms with van der Waals surface area (Å²) >= 11 is 3.48. The molecule has 6 heteroatoms. The van der Waals surface area contributed by atoms with Gasteiger partial charge in [0.25, 0.3) is 0 Å². The van der Waals surface area contributed by atoms with Crippen molar-refractivity contribution in [2.24, 2.45) is 0 Å². The maximum atomic E-state index is 2.31. The van der Waals surface area contributed by atoms with Crippen LogP contribution in [-0.4, -0.2) is 10.9 Å². The smallest absolute Gasteiger partial charge is 0.0220 e. The molecule has 0 aliphatic rings. The largest absolute Gasteiger partial charge is 1.00 e. The molecule has 0 heterocycles. The standard InChI is InChI=1S/4C15H19.2C2H6Si.2ClH.2Zr/c4*1-10-8-12-11(2)6-7-14(13(12)9-10)15(3,4)5;2*1-3-2;;;;/h4*6-9H,1-5H3;2*1-2H3;2*1H;;/q4*-1;;;;;2*+2/p-2. The molecule has 0 aliphatic carbocycles. The van der Waals surface area contributed by atoms with Crippen LogP contribution in [0.25, 0.3) is 43.1 Å². The summed E-state index contributed by atoms with van der Waals surface area (Å²) in [4.78, 5) is 0. The van der Waals surface area contributed by atoms with Gasteiger partial charge in [-0.25, -0.2) is 0 Å². The van der Waals surface area contributed by atoms with E-state index >= 15 is 0 Å². The van der Waals surface area contributed by atoms with Crippen molar-refractivity contribution in [3.05, 3.63) is 164 Å². The zero-order valence-corrected chi connectivity index (χ0v) is 56.4. The fourth-order valence-electron chi connectivity index (χ4n) is 8.97. The SMILES string of the molecule is C[Si](C)=[Zr+2].C[Si](C)=[Zr+2].Cc1cc2c(C(C)(C)C)ccc(C)c2[cH-]1.Cc1cc2c(C(C)(C)C)ccc(C)c2[cH-]1.Cc1cc2c(C(C)(C)C)ccc(C)c2[cH-]1.Cc1cc2c(C(C)(C)C)ccc(C)c2[cH-]1.[Cl-].[Cl-]. The van der Waals surface area contributed by atoms with Crippen molar-refractivity contribution in [3.8, 4) is 0 Å². The van der Waals surface area contributed by atoms with Crippen molar-refractivity contribution in [2.45, 2.75) is 186 Å². The fraction of sp³-hybridized carbons (Fsp3) is 0.438. The van der Waals surface area contributed by atoms with Crippen LogP contribution >= 0.6 is 0 Å². The minimum absolute atomic E-state index is 0. The summed E-state index contributed by atoms with van der Waals surface area (Å²) in [5.74, 6) is 0. The van der Waals surface area contributed by atoms with Crippen LogP contribution in [0, 0.1) is 55.4 Å². The molecule has 8 aromatic rings. The summed E-state index contributed by atoms with van der Waals surface area (Å²) < 4.78 is 0. The molecule has 0 saturated carbocycles. The van der Waals surface area contributed by atoms with Gasteiger partial charge in [0.1, 0.15) is 0 Å². The Morgan fingerprint density at radius 1 is 0.314 bits per heavy atom. The van der Waals surface area contributed by atoms with E-state index in [9.17, 15) is 0 Å². The second kappa shape index (κ2) is 27.1. The van der Waals surface area contributed by atoms with E-state index in [1.807, 2.05) is 0 Å². The van der Waals surface area contributed by atoms with E-state index in [0.29, 0.717) is 0 Å². The first kappa shape index (κ1) is 66.1. The van der Waals surface area contributed by atoms with Gasteiger partial charge in [-0.15, -0.1) is 136 Å². The summed E-state index contributed by atoms with van der Waals surface area (Å²) in [5.41, 5.74) is 18.1. The van der Waals surface area contributed by atoms with E-state index in [4.69, 9.17) is 0 Å². The molecule has 0 N–H and O–H groups in total. The number of benzene rings is 4. The Morgan fingerprint density at radius 3 is 0.586 bits per heavy atom. The van der Waals surface area contributed by atoms with E-state index in [-0.39, 0.29) is 57.3 Å². The normalized spacial score (nSPS) is 11.4. The predicted molar refractivity (Wildman–Crippen MR) is 306 cm³/mol. The Bertz CT molecular complexity index is 2580. The van der Waals surface area contributed by atoms with E-state index < -0.39 is 0 Å². The number of halogens is 2. The van der Waals surface area contributed by atoms with Gasteiger partial charge in [0.05, 0.1) is 0 Å². The molecule has 0 amide bonds. The van der Waals surface area contributed by atoms with Crippen molar-refractivity contribution in [1.82, 2.24) is 0 Å².